The fourth-order valence-electron chi connectivity index (χ4n) is 2.22. The molecule has 0 aromatic heterocycles. The Morgan fingerprint density at radius 3 is 2.33 bits per heavy atom. The zero-order chi connectivity index (χ0) is 11.1. The Bertz CT molecular complexity index is 160. The highest BCUT2D eigenvalue weighted by molar-refractivity contribution is 4.70. The minimum absolute atomic E-state index is 0.349. The van der Waals surface area contributed by atoms with Gasteiger partial charge in [-0.25, -0.2) is 0 Å². The summed E-state index contributed by atoms with van der Waals surface area (Å²) in [4.78, 5) is 2.62. The molecule has 0 bridgehead atoms. The molecule has 90 valence electrons. The Kier molecular flexibility index (Phi) is 5.62. The van der Waals surface area contributed by atoms with E-state index in [1.54, 1.807) is 0 Å². The predicted octanol–water partition coefficient (Wildman–Crippen LogP) is 2.63. The average Bonchev–Trinajstić information content (AvgIpc) is 2.26. The van der Waals surface area contributed by atoms with E-state index >= 15 is 0 Å². The van der Waals surface area contributed by atoms with Gasteiger partial charge in [0.2, 0.25) is 0 Å². The van der Waals surface area contributed by atoms with Crippen LogP contribution in [0.1, 0.15) is 52.4 Å². The molecular formula is C13H28N2. The van der Waals surface area contributed by atoms with Crippen molar-refractivity contribution >= 4 is 0 Å². The molecule has 1 rings (SSSR count). The SMILES string of the molecule is CC(C)(CN)CCCCN1CCCCC1. The molecule has 0 radical (unpaired) electrons. The Morgan fingerprint density at radius 1 is 1.07 bits per heavy atom. The summed E-state index contributed by atoms with van der Waals surface area (Å²) >= 11 is 0. The van der Waals surface area contributed by atoms with Crippen molar-refractivity contribution in [2.45, 2.75) is 52.4 Å². The van der Waals surface area contributed by atoms with Gasteiger partial charge in [0.05, 0.1) is 0 Å². The second-order valence-corrected chi connectivity index (χ2v) is 5.73. The van der Waals surface area contributed by atoms with E-state index in [9.17, 15) is 0 Å². The number of hydrogen-bond donors (Lipinski definition) is 1. The summed E-state index contributed by atoms with van der Waals surface area (Å²) < 4.78 is 0. The summed E-state index contributed by atoms with van der Waals surface area (Å²) in [6.45, 7) is 9.33. The third-order valence-corrected chi connectivity index (χ3v) is 3.58. The molecule has 0 spiro atoms. The maximum atomic E-state index is 5.72. The van der Waals surface area contributed by atoms with Crippen molar-refractivity contribution in [3.8, 4) is 0 Å². The molecule has 1 fully saturated rings. The van der Waals surface area contributed by atoms with Crippen LogP contribution in [0.15, 0.2) is 0 Å². The van der Waals surface area contributed by atoms with Crippen LogP contribution in [0.5, 0.6) is 0 Å². The van der Waals surface area contributed by atoms with Gasteiger partial charge in [0, 0.05) is 0 Å². The maximum absolute atomic E-state index is 5.72. The van der Waals surface area contributed by atoms with Crippen LogP contribution in [0.4, 0.5) is 0 Å². The average molecular weight is 212 g/mol. The van der Waals surface area contributed by atoms with E-state index in [4.69, 9.17) is 5.73 Å². The highest BCUT2D eigenvalue weighted by Crippen LogP contribution is 2.21. The normalized spacial score (nSPS) is 19.4. The van der Waals surface area contributed by atoms with E-state index in [1.165, 1.54) is 58.2 Å². The summed E-state index contributed by atoms with van der Waals surface area (Å²) in [6.07, 6.45) is 8.22. The molecule has 0 unspecified atom stereocenters. The van der Waals surface area contributed by atoms with Crippen molar-refractivity contribution in [2.75, 3.05) is 26.2 Å². The van der Waals surface area contributed by atoms with Crippen molar-refractivity contribution < 1.29 is 0 Å². The fourth-order valence-corrected chi connectivity index (χ4v) is 2.22. The van der Waals surface area contributed by atoms with Gasteiger partial charge in [0.25, 0.3) is 0 Å². The summed E-state index contributed by atoms with van der Waals surface area (Å²) in [6, 6.07) is 0. The van der Waals surface area contributed by atoms with Gasteiger partial charge in [0.1, 0.15) is 0 Å². The van der Waals surface area contributed by atoms with Crippen LogP contribution in [0.2, 0.25) is 0 Å². The van der Waals surface area contributed by atoms with Crippen LogP contribution in [0.3, 0.4) is 0 Å². The first kappa shape index (κ1) is 13.0. The van der Waals surface area contributed by atoms with E-state index in [-0.39, 0.29) is 0 Å². The zero-order valence-electron chi connectivity index (χ0n) is 10.6. The van der Waals surface area contributed by atoms with E-state index < -0.39 is 0 Å². The van der Waals surface area contributed by atoms with Crippen LogP contribution in [-0.2, 0) is 0 Å². The summed E-state index contributed by atoms with van der Waals surface area (Å²) in [7, 11) is 0. The lowest BCUT2D eigenvalue weighted by molar-refractivity contribution is 0.218. The van der Waals surface area contributed by atoms with Gasteiger partial charge < -0.3 is 10.6 Å². The van der Waals surface area contributed by atoms with Crippen molar-refractivity contribution in [2.24, 2.45) is 11.1 Å². The van der Waals surface area contributed by atoms with Crippen LogP contribution in [0, 0.1) is 5.41 Å². The van der Waals surface area contributed by atoms with E-state index in [2.05, 4.69) is 18.7 Å². The molecule has 0 amide bonds. The number of piperidine rings is 1. The summed E-state index contributed by atoms with van der Waals surface area (Å²) in [5.74, 6) is 0. The lowest BCUT2D eigenvalue weighted by atomic mass is 9.87. The lowest BCUT2D eigenvalue weighted by Crippen LogP contribution is -2.31. The van der Waals surface area contributed by atoms with Crippen molar-refractivity contribution in [3.63, 3.8) is 0 Å². The number of nitrogens with zero attached hydrogens (tertiary/aromatic N) is 1. The molecule has 1 aliphatic heterocycles. The molecule has 2 heteroatoms. The summed E-state index contributed by atoms with van der Waals surface area (Å²) in [5, 5.41) is 0. The molecule has 15 heavy (non-hydrogen) atoms. The highest BCUT2D eigenvalue weighted by Gasteiger charge is 2.15. The Hall–Kier alpha value is -0.0800. The first-order chi connectivity index (χ1) is 7.14. The number of likely N-dealkylation sites (tertiary alicyclic amines) is 1. The smallest absolute Gasteiger partial charge is 0.00187 e. The summed E-state index contributed by atoms with van der Waals surface area (Å²) in [5.41, 5.74) is 6.07. The Labute approximate surface area is 95.2 Å². The zero-order valence-corrected chi connectivity index (χ0v) is 10.6. The van der Waals surface area contributed by atoms with Crippen molar-refractivity contribution in [1.29, 1.82) is 0 Å². The minimum Gasteiger partial charge on any atom is -0.330 e. The van der Waals surface area contributed by atoms with E-state index in [0.29, 0.717) is 5.41 Å². The molecule has 0 saturated carbocycles. The number of nitrogens with two attached hydrogens (primary N) is 1. The molecule has 0 aliphatic carbocycles. The first-order valence-corrected chi connectivity index (χ1v) is 6.56. The Balaban J connectivity index is 2.00. The minimum atomic E-state index is 0.349. The van der Waals surface area contributed by atoms with Gasteiger partial charge >= 0.3 is 0 Å². The molecule has 1 saturated heterocycles. The number of unbranched alkanes of at least 4 members (excludes halogenated alkanes) is 1. The van der Waals surface area contributed by atoms with Crippen LogP contribution in [-0.4, -0.2) is 31.1 Å². The predicted molar refractivity (Wildman–Crippen MR) is 67.0 cm³/mol. The Morgan fingerprint density at radius 2 is 1.73 bits per heavy atom. The van der Waals surface area contributed by atoms with Gasteiger partial charge in [-0.15, -0.1) is 0 Å². The molecular weight excluding hydrogens is 184 g/mol. The first-order valence-electron chi connectivity index (χ1n) is 6.56. The molecule has 2 N–H and O–H groups in total. The second kappa shape index (κ2) is 6.49. The van der Waals surface area contributed by atoms with Crippen LogP contribution in [0.25, 0.3) is 0 Å². The third kappa shape index (κ3) is 5.53. The standard InChI is InChI=1S/C13H28N2/c1-13(2,12-14)8-4-7-11-15-9-5-3-6-10-15/h3-12,14H2,1-2H3. The third-order valence-electron chi connectivity index (χ3n) is 3.58. The van der Waals surface area contributed by atoms with Crippen molar-refractivity contribution in [3.05, 3.63) is 0 Å². The van der Waals surface area contributed by atoms with E-state index in [1.807, 2.05) is 0 Å². The maximum Gasteiger partial charge on any atom is -0.00187 e. The number of hydrogen-bond acceptors (Lipinski definition) is 2. The highest BCUT2D eigenvalue weighted by atomic mass is 15.1. The van der Waals surface area contributed by atoms with Crippen LogP contribution >= 0.6 is 0 Å². The van der Waals surface area contributed by atoms with Gasteiger partial charge in [-0.05, 0) is 57.3 Å². The number of rotatable bonds is 6. The topological polar surface area (TPSA) is 29.3 Å². The quantitative estimate of drug-likeness (QED) is 0.686. The molecule has 0 aromatic rings. The molecule has 1 aliphatic rings. The molecule has 0 atom stereocenters. The van der Waals surface area contributed by atoms with Gasteiger partial charge in [-0.2, -0.15) is 0 Å². The van der Waals surface area contributed by atoms with Gasteiger partial charge in [0.15, 0.2) is 0 Å². The van der Waals surface area contributed by atoms with E-state index in [0.717, 1.165) is 6.54 Å². The van der Waals surface area contributed by atoms with Gasteiger partial charge in [-0.1, -0.05) is 26.7 Å². The van der Waals surface area contributed by atoms with Crippen LogP contribution < -0.4 is 5.73 Å². The fraction of sp³-hybridized carbons (Fsp3) is 1.00. The lowest BCUT2D eigenvalue weighted by Gasteiger charge is -2.27. The second-order valence-electron chi connectivity index (χ2n) is 5.73. The van der Waals surface area contributed by atoms with Gasteiger partial charge in [-0.3, -0.25) is 0 Å². The molecule has 1 heterocycles. The van der Waals surface area contributed by atoms with Crippen molar-refractivity contribution in [1.82, 2.24) is 4.90 Å². The molecule has 2 nitrogen and oxygen atoms in total. The monoisotopic (exact) mass is 212 g/mol. The largest absolute Gasteiger partial charge is 0.330 e. The molecule has 0 aromatic carbocycles.